The molecule has 0 atom stereocenters. The van der Waals surface area contributed by atoms with Crippen LogP contribution in [0.5, 0.6) is 0 Å². The van der Waals surface area contributed by atoms with Crippen LogP contribution in [-0.2, 0) is 13.1 Å². The minimum atomic E-state index is -0.639. The van der Waals surface area contributed by atoms with Crippen LogP contribution in [0.15, 0.2) is 54.9 Å². The molecule has 3 rings (SSSR count). The second kappa shape index (κ2) is 6.07. The van der Waals surface area contributed by atoms with Gasteiger partial charge in [0.15, 0.2) is 0 Å². The molecule has 0 bridgehead atoms. The molecule has 0 aliphatic rings. The summed E-state index contributed by atoms with van der Waals surface area (Å²) in [6.07, 6.45) is 1.63. The molecular formula is C17H15F2N3. The van der Waals surface area contributed by atoms with Crippen molar-refractivity contribution in [3.8, 4) is 11.3 Å². The summed E-state index contributed by atoms with van der Waals surface area (Å²) in [5, 5.41) is 0. The third-order valence-electron chi connectivity index (χ3n) is 3.52. The number of nitrogens with zero attached hydrogens (tertiary/aromatic N) is 2. The van der Waals surface area contributed by atoms with Gasteiger partial charge in [0.2, 0.25) is 0 Å². The molecule has 1 heterocycles. The summed E-state index contributed by atoms with van der Waals surface area (Å²) in [6, 6.07) is 13.3. The lowest BCUT2D eigenvalue weighted by atomic mass is 10.1. The molecule has 3 aromatic rings. The van der Waals surface area contributed by atoms with E-state index in [0.29, 0.717) is 12.2 Å². The molecule has 2 N–H and O–H groups in total. The molecule has 2 aromatic carbocycles. The summed E-state index contributed by atoms with van der Waals surface area (Å²) in [5.41, 5.74) is 8.34. The summed E-state index contributed by atoms with van der Waals surface area (Å²) in [4.78, 5) is 4.26. The Morgan fingerprint density at radius 1 is 1.05 bits per heavy atom. The zero-order valence-electron chi connectivity index (χ0n) is 11.8. The highest BCUT2D eigenvalue weighted by atomic mass is 19.1. The number of hydrogen-bond donors (Lipinski definition) is 1. The lowest BCUT2D eigenvalue weighted by Gasteiger charge is -2.09. The Kier molecular flexibility index (Phi) is 3.98. The van der Waals surface area contributed by atoms with Gasteiger partial charge in [0, 0.05) is 24.7 Å². The SMILES string of the molecule is NCc1c(-c2ccc(F)cc2F)ncn1Cc1ccccc1. The van der Waals surface area contributed by atoms with Crippen molar-refractivity contribution < 1.29 is 8.78 Å². The Morgan fingerprint density at radius 2 is 1.82 bits per heavy atom. The Labute approximate surface area is 127 Å². The van der Waals surface area contributed by atoms with Crippen molar-refractivity contribution in [2.75, 3.05) is 0 Å². The monoisotopic (exact) mass is 299 g/mol. The minimum Gasteiger partial charge on any atom is -0.328 e. The highest BCUT2D eigenvalue weighted by Gasteiger charge is 2.15. The summed E-state index contributed by atoms with van der Waals surface area (Å²) >= 11 is 0. The lowest BCUT2D eigenvalue weighted by Crippen LogP contribution is -2.09. The molecule has 0 aliphatic carbocycles. The van der Waals surface area contributed by atoms with Crippen LogP contribution in [0.25, 0.3) is 11.3 Å². The zero-order valence-corrected chi connectivity index (χ0v) is 11.8. The predicted octanol–water partition coefficient (Wildman–Crippen LogP) is 3.34. The van der Waals surface area contributed by atoms with Crippen LogP contribution in [0.3, 0.4) is 0 Å². The van der Waals surface area contributed by atoms with Gasteiger partial charge in [-0.15, -0.1) is 0 Å². The van der Waals surface area contributed by atoms with Gasteiger partial charge < -0.3 is 10.3 Å². The summed E-state index contributed by atoms with van der Waals surface area (Å²) in [7, 11) is 0. The lowest BCUT2D eigenvalue weighted by molar-refractivity contribution is 0.585. The van der Waals surface area contributed by atoms with Crippen molar-refractivity contribution in [2.24, 2.45) is 5.73 Å². The quantitative estimate of drug-likeness (QED) is 0.803. The van der Waals surface area contributed by atoms with Crippen molar-refractivity contribution in [2.45, 2.75) is 13.1 Å². The Bertz CT molecular complexity index is 782. The molecule has 0 aliphatic heterocycles. The van der Waals surface area contributed by atoms with Gasteiger partial charge in [0.1, 0.15) is 11.6 Å². The number of hydrogen-bond acceptors (Lipinski definition) is 2. The summed E-state index contributed by atoms with van der Waals surface area (Å²) in [5.74, 6) is -1.25. The van der Waals surface area contributed by atoms with Crippen molar-refractivity contribution in [3.05, 3.63) is 77.8 Å². The molecule has 1 aromatic heterocycles. The van der Waals surface area contributed by atoms with Crippen LogP contribution in [0, 0.1) is 11.6 Å². The maximum atomic E-state index is 14.0. The van der Waals surface area contributed by atoms with Crippen molar-refractivity contribution in [3.63, 3.8) is 0 Å². The molecule has 0 amide bonds. The molecule has 0 radical (unpaired) electrons. The van der Waals surface area contributed by atoms with Crippen LogP contribution in [0.2, 0.25) is 0 Å². The van der Waals surface area contributed by atoms with E-state index in [1.807, 2.05) is 34.9 Å². The minimum absolute atomic E-state index is 0.221. The molecule has 0 saturated carbocycles. The van der Waals surface area contributed by atoms with Crippen molar-refractivity contribution >= 4 is 0 Å². The number of halogens is 2. The molecule has 0 fully saturated rings. The maximum Gasteiger partial charge on any atom is 0.135 e. The number of rotatable bonds is 4. The average molecular weight is 299 g/mol. The fourth-order valence-corrected chi connectivity index (χ4v) is 2.44. The van der Waals surface area contributed by atoms with Gasteiger partial charge in [-0.05, 0) is 17.7 Å². The Morgan fingerprint density at radius 3 is 2.50 bits per heavy atom. The van der Waals surface area contributed by atoms with Gasteiger partial charge in [0.05, 0.1) is 17.7 Å². The van der Waals surface area contributed by atoms with E-state index in [4.69, 9.17) is 5.73 Å². The van der Waals surface area contributed by atoms with Crippen LogP contribution < -0.4 is 5.73 Å². The van der Waals surface area contributed by atoms with E-state index in [9.17, 15) is 8.78 Å². The van der Waals surface area contributed by atoms with Gasteiger partial charge in [-0.1, -0.05) is 30.3 Å². The van der Waals surface area contributed by atoms with E-state index in [-0.39, 0.29) is 12.1 Å². The van der Waals surface area contributed by atoms with Crippen LogP contribution in [-0.4, -0.2) is 9.55 Å². The molecule has 0 saturated heterocycles. The predicted molar refractivity (Wildman–Crippen MR) is 81.0 cm³/mol. The third kappa shape index (κ3) is 2.76. The summed E-state index contributed by atoms with van der Waals surface area (Å²) in [6.45, 7) is 0.822. The first-order valence-electron chi connectivity index (χ1n) is 6.92. The first-order valence-corrected chi connectivity index (χ1v) is 6.92. The van der Waals surface area contributed by atoms with E-state index in [1.54, 1.807) is 6.33 Å². The molecule has 0 unspecified atom stereocenters. The normalized spacial score (nSPS) is 10.9. The van der Waals surface area contributed by atoms with Gasteiger partial charge in [0.25, 0.3) is 0 Å². The van der Waals surface area contributed by atoms with Gasteiger partial charge in [-0.2, -0.15) is 0 Å². The summed E-state index contributed by atoms with van der Waals surface area (Å²) < 4.78 is 28.9. The average Bonchev–Trinajstić information content (AvgIpc) is 2.91. The molecule has 22 heavy (non-hydrogen) atoms. The standard InChI is InChI=1S/C17H15F2N3/c18-13-6-7-14(15(19)8-13)17-16(9-20)22(11-21-17)10-12-4-2-1-3-5-12/h1-8,11H,9-10,20H2. The van der Waals surface area contributed by atoms with Crippen LogP contribution >= 0.6 is 0 Å². The fraction of sp³-hybridized carbons (Fsp3) is 0.118. The zero-order chi connectivity index (χ0) is 15.5. The topological polar surface area (TPSA) is 43.8 Å². The van der Waals surface area contributed by atoms with E-state index in [2.05, 4.69) is 4.98 Å². The second-order valence-electron chi connectivity index (χ2n) is 4.98. The fourth-order valence-electron chi connectivity index (χ4n) is 2.44. The second-order valence-corrected chi connectivity index (χ2v) is 4.98. The van der Waals surface area contributed by atoms with Gasteiger partial charge in [-0.25, -0.2) is 13.8 Å². The van der Waals surface area contributed by atoms with E-state index < -0.39 is 11.6 Å². The highest BCUT2D eigenvalue weighted by Crippen LogP contribution is 2.26. The molecule has 0 spiro atoms. The van der Waals surface area contributed by atoms with E-state index in [1.165, 1.54) is 12.1 Å². The van der Waals surface area contributed by atoms with E-state index >= 15 is 0 Å². The number of nitrogens with two attached hydrogens (primary N) is 1. The Balaban J connectivity index is 2.00. The Hall–Kier alpha value is -2.53. The molecule has 3 nitrogen and oxygen atoms in total. The van der Waals surface area contributed by atoms with Crippen molar-refractivity contribution in [1.82, 2.24) is 9.55 Å². The number of imidazole rings is 1. The van der Waals surface area contributed by atoms with E-state index in [0.717, 1.165) is 17.3 Å². The van der Waals surface area contributed by atoms with Crippen LogP contribution in [0.1, 0.15) is 11.3 Å². The third-order valence-corrected chi connectivity index (χ3v) is 3.52. The number of aromatic nitrogens is 2. The van der Waals surface area contributed by atoms with Crippen LogP contribution in [0.4, 0.5) is 8.78 Å². The maximum absolute atomic E-state index is 14.0. The van der Waals surface area contributed by atoms with Crippen molar-refractivity contribution in [1.29, 1.82) is 0 Å². The molecule has 112 valence electrons. The molecule has 5 heteroatoms. The molecular weight excluding hydrogens is 284 g/mol. The van der Waals surface area contributed by atoms with Gasteiger partial charge >= 0.3 is 0 Å². The highest BCUT2D eigenvalue weighted by molar-refractivity contribution is 5.62. The smallest absolute Gasteiger partial charge is 0.135 e. The number of benzene rings is 2. The first kappa shape index (κ1) is 14.4. The largest absolute Gasteiger partial charge is 0.328 e. The first-order chi connectivity index (χ1) is 10.7. The van der Waals surface area contributed by atoms with Gasteiger partial charge in [-0.3, -0.25) is 0 Å².